The maximum Gasteiger partial charge on any atom is 0.230 e. The van der Waals surface area contributed by atoms with Gasteiger partial charge in [-0.05, 0) is 61.2 Å². The molecule has 29 heavy (non-hydrogen) atoms. The number of piperidine rings is 1. The van der Waals surface area contributed by atoms with Crippen LogP contribution >= 0.6 is 0 Å². The van der Waals surface area contributed by atoms with Crippen LogP contribution in [0.1, 0.15) is 31.2 Å². The van der Waals surface area contributed by atoms with Crippen LogP contribution in [-0.2, 0) is 21.3 Å². The summed E-state index contributed by atoms with van der Waals surface area (Å²) in [7, 11) is -1.26. The fourth-order valence-electron chi connectivity index (χ4n) is 3.59. The zero-order chi connectivity index (χ0) is 20.5. The Hall–Kier alpha value is -2.18. The predicted molar refractivity (Wildman–Crippen MR) is 118 cm³/mol. The van der Waals surface area contributed by atoms with Crippen molar-refractivity contribution in [3.05, 3.63) is 54.1 Å². The molecule has 156 valence electrons. The topological polar surface area (TPSA) is 72.6 Å². The van der Waals surface area contributed by atoms with Gasteiger partial charge in [0.2, 0.25) is 5.91 Å². The fraction of sp³-hybridized carbons (Fsp3) is 0.435. The van der Waals surface area contributed by atoms with Crippen molar-refractivity contribution >= 4 is 16.7 Å². The molecule has 0 saturated carbocycles. The third-order valence-electron chi connectivity index (χ3n) is 5.11. The van der Waals surface area contributed by atoms with Crippen LogP contribution in [0.4, 0.5) is 0 Å². The average molecular weight is 415 g/mol. The lowest BCUT2D eigenvalue weighted by molar-refractivity contribution is -0.115. The molecular formula is C23H30N2O3S. The van der Waals surface area contributed by atoms with Crippen LogP contribution in [0, 0.1) is 0 Å². The second kappa shape index (κ2) is 11.1. The number of ether oxygens (including phenoxy) is 1. The number of primary amides is 1. The molecule has 1 unspecified atom stereocenters. The van der Waals surface area contributed by atoms with Gasteiger partial charge >= 0.3 is 0 Å². The number of nitrogens with zero attached hydrogens (tertiary/aromatic N) is 1. The Kier molecular flexibility index (Phi) is 8.25. The van der Waals surface area contributed by atoms with E-state index in [0.717, 1.165) is 42.0 Å². The van der Waals surface area contributed by atoms with Crippen molar-refractivity contribution in [2.75, 3.05) is 32.0 Å². The second-order valence-electron chi connectivity index (χ2n) is 7.52. The van der Waals surface area contributed by atoms with Gasteiger partial charge in [-0.2, -0.15) is 0 Å². The van der Waals surface area contributed by atoms with E-state index in [1.54, 1.807) is 0 Å². The lowest BCUT2D eigenvalue weighted by Gasteiger charge is -2.26. The summed E-state index contributed by atoms with van der Waals surface area (Å²) in [6.45, 7) is 4.32. The molecule has 5 nitrogen and oxygen atoms in total. The summed E-state index contributed by atoms with van der Waals surface area (Å²) in [5, 5.41) is 0. The Morgan fingerprint density at radius 3 is 2.21 bits per heavy atom. The number of rotatable bonds is 10. The first-order chi connectivity index (χ1) is 14.1. The van der Waals surface area contributed by atoms with Gasteiger partial charge in [0.15, 0.2) is 0 Å². The number of nitrogens with two attached hydrogens (primary N) is 1. The first kappa shape index (κ1) is 21.5. The first-order valence-corrected chi connectivity index (χ1v) is 11.8. The van der Waals surface area contributed by atoms with E-state index in [-0.39, 0.29) is 5.75 Å². The van der Waals surface area contributed by atoms with E-state index in [1.165, 1.54) is 32.4 Å². The van der Waals surface area contributed by atoms with Gasteiger partial charge in [-0.15, -0.1) is 0 Å². The lowest BCUT2D eigenvalue weighted by Crippen LogP contribution is -2.31. The van der Waals surface area contributed by atoms with Crippen molar-refractivity contribution in [1.29, 1.82) is 0 Å². The van der Waals surface area contributed by atoms with Gasteiger partial charge in [-0.1, -0.05) is 42.8 Å². The van der Waals surface area contributed by atoms with E-state index in [2.05, 4.69) is 17.0 Å². The van der Waals surface area contributed by atoms with Crippen LogP contribution in [0.2, 0.25) is 0 Å². The van der Waals surface area contributed by atoms with Gasteiger partial charge < -0.3 is 15.4 Å². The zero-order valence-electron chi connectivity index (χ0n) is 16.8. The van der Waals surface area contributed by atoms with Gasteiger partial charge in [0.25, 0.3) is 0 Å². The van der Waals surface area contributed by atoms with E-state index in [9.17, 15) is 9.00 Å². The molecule has 0 aliphatic carbocycles. The van der Waals surface area contributed by atoms with Crippen LogP contribution in [0.3, 0.4) is 0 Å². The van der Waals surface area contributed by atoms with E-state index in [0.29, 0.717) is 5.75 Å². The number of amides is 1. The predicted octanol–water partition coefficient (Wildman–Crippen LogP) is 3.34. The molecule has 2 aromatic rings. The zero-order valence-corrected chi connectivity index (χ0v) is 17.7. The van der Waals surface area contributed by atoms with Crippen molar-refractivity contribution in [2.45, 2.75) is 31.4 Å². The van der Waals surface area contributed by atoms with Crippen LogP contribution < -0.4 is 10.5 Å². The van der Waals surface area contributed by atoms with Gasteiger partial charge in [0.05, 0.1) is 6.61 Å². The van der Waals surface area contributed by atoms with Crippen molar-refractivity contribution in [3.8, 4) is 16.9 Å². The second-order valence-corrected chi connectivity index (χ2v) is 8.98. The molecule has 6 heteroatoms. The quantitative estimate of drug-likeness (QED) is 0.605. The van der Waals surface area contributed by atoms with Gasteiger partial charge in [-0.3, -0.25) is 9.00 Å². The number of carbonyl (C=O) groups excluding carboxylic acids is 1. The SMILES string of the molecule is NC(=O)CS(=O)Cc1ccc(-c2ccc(OCCCN3CCCCC3)cc2)cc1. The molecule has 0 radical (unpaired) electrons. The molecule has 0 spiro atoms. The Morgan fingerprint density at radius 1 is 0.966 bits per heavy atom. The van der Waals surface area contributed by atoms with E-state index in [4.69, 9.17) is 10.5 Å². The summed E-state index contributed by atoms with van der Waals surface area (Å²) in [5.41, 5.74) is 8.22. The molecule has 2 N–H and O–H groups in total. The van der Waals surface area contributed by atoms with Crippen molar-refractivity contribution in [2.24, 2.45) is 5.73 Å². The molecule has 1 fully saturated rings. The van der Waals surface area contributed by atoms with E-state index >= 15 is 0 Å². The third kappa shape index (κ3) is 7.29. The Labute approximate surface area is 175 Å². The third-order valence-corrected chi connectivity index (χ3v) is 6.37. The molecule has 1 aliphatic heterocycles. The highest BCUT2D eigenvalue weighted by molar-refractivity contribution is 7.84. The lowest BCUT2D eigenvalue weighted by atomic mass is 10.0. The molecule has 1 atom stereocenters. The van der Waals surface area contributed by atoms with Crippen LogP contribution in [-0.4, -0.2) is 47.0 Å². The fourth-order valence-corrected chi connectivity index (χ4v) is 4.58. The van der Waals surface area contributed by atoms with Crippen molar-refractivity contribution in [1.82, 2.24) is 4.90 Å². The standard InChI is InChI=1S/C23H30N2O3S/c24-23(26)18-29(27)17-19-5-7-20(8-6-19)21-9-11-22(12-10-21)28-16-4-15-25-13-2-1-3-14-25/h5-12H,1-4,13-18H2,(H2,24,26). The van der Waals surface area contributed by atoms with Gasteiger partial charge in [-0.25, -0.2) is 0 Å². The van der Waals surface area contributed by atoms with Gasteiger partial charge in [0.1, 0.15) is 11.5 Å². The van der Waals surface area contributed by atoms with Crippen LogP contribution in [0.5, 0.6) is 5.75 Å². The molecule has 0 aromatic heterocycles. The maximum atomic E-state index is 11.8. The van der Waals surface area contributed by atoms with Gasteiger partial charge in [0, 0.05) is 23.1 Å². The number of likely N-dealkylation sites (tertiary alicyclic amines) is 1. The molecule has 2 aromatic carbocycles. The van der Waals surface area contributed by atoms with E-state index < -0.39 is 16.7 Å². The monoisotopic (exact) mass is 414 g/mol. The number of benzene rings is 2. The van der Waals surface area contributed by atoms with Crippen LogP contribution in [0.25, 0.3) is 11.1 Å². The Morgan fingerprint density at radius 2 is 1.59 bits per heavy atom. The number of hydrogen-bond acceptors (Lipinski definition) is 4. The molecule has 0 bridgehead atoms. The highest BCUT2D eigenvalue weighted by Crippen LogP contribution is 2.23. The largest absolute Gasteiger partial charge is 0.494 e. The Bertz CT molecular complexity index is 800. The van der Waals surface area contributed by atoms with E-state index in [1.807, 2.05) is 36.4 Å². The van der Waals surface area contributed by atoms with Crippen molar-refractivity contribution < 1.29 is 13.7 Å². The summed E-state index contributed by atoms with van der Waals surface area (Å²) < 4.78 is 17.7. The minimum absolute atomic E-state index is 0.0960. The summed E-state index contributed by atoms with van der Waals surface area (Å²) in [5.74, 6) is 0.605. The summed E-state index contributed by atoms with van der Waals surface area (Å²) in [6, 6.07) is 16.0. The molecule has 1 heterocycles. The molecule has 1 aliphatic rings. The molecular weight excluding hydrogens is 384 g/mol. The average Bonchev–Trinajstić information content (AvgIpc) is 2.72. The molecule has 1 amide bonds. The first-order valence-electron chi connectivity index (χ1n) is 10.3. The Balaban J connectivity index is 1.45. The minimum Gasteiger partial charge on any atom is -0.494 e. The number of carbonyl (C=O) groups is 1. The molecule has 1 saturated heterocycles. The number of hydrogen-bond donors (Lipinski definition) is 1. The van der Waals surface area contributed by atoms with Crippen LogP contribution in [0.15, 0.2) is 48.5 Å². The minimum atomic E-state index is -1.26. The summed E-state index contributed by atoms with van der Waals surface area (Å²) in [6.07, 6.45) is 5.08. The highest BCUT2D eigenvalue weighted by Gasteiger charge is 2.09. The smallest absolute Gasteiger partial charge is 0.230 e. The normalized spacial score (nSPS) is 15.7. The highest BCUT2D eigenvalue weighted by atomic mass is 32.2. The maximum absolute atomic E-state index is 11.8. The van der Waals surface area contributed by atoms with Crippen molar-refractivity contribution in [3.63, 3.8) is 0 Å². The summed E-state index contributed by atoms with van der Waals surface area (Å²) in [4.78, 5) is 13.4. The summed E-state index contributed by atoms with van der Waals surface area (Å²) >= 11 is 0. The molecule has 3 rings (SSSR count).